The lowest BCUT2D eigenvalue weighted by molar-refractivity contribution is 0.415. The molecule has 3 N–H and O–H groups in total. The highest BCUT2D eigenvalue weighted by molar-refractivity contribution is 9.10. The number of fused-ring (bicyclic) bond motifs is 3. The van der Waals surface area contributed by atoms with Gasteiger partial charge in [0.15, 0.2) is 0 Å². The number of H-pyrrole nitrogens is 2. The number of hydrogen-bond acceptors (Lipinski definition) is 2. The molecule has 110 valence electrons. The Morgan fingerprint density at radius 2 is 1.95 bits per heavy atom. The van der Waals surface area contributed by atoms with E-state index in [-0.39, 0.29) is 0 Å². The van der Waals surface area contributed by atoms with Crippen molar-refractivity contribution in [3.63, 3.8) is 0 Å². The first-order valence-electron chi connectivity index (χ1n) is 6.94. The molecule has 22 heavy (non-hydrogen) atoms. The minimum absolute atomic E-state index is 0.866. The van der Waals surface area contributed by atoms with Crippen LogP contribution in [0.4, 0.5) is 11.5 Å². The maximum Gasteiger partial charge on any atom is 0.132 e. The van der Waals surface area contributed by atoms with Crippen LogP contribution < -0.4 is 10.1 Å². The number of methoxy groups -OCH3 is 1. The highest BCUT2D eigenvalue weighted by atomic mass is 79.9. The van der Waals surface area contributed by atoms with Gasteiger partial charge < -0.3 is 10.1 Å². The molecule has 1 heterocycles. The first-order valence-corrected chi connectivity index (χ1v) is 7.73. The van der Waals surface area contributed by atoms with E-state index >= 15 is 0 Å². The molecule has 2 aromatic rings. The van der Waals surface area contributed by atoms with Crippen molar-refractivity contribution in [3.05, 3.63) is 53.0 Å². The Morgan fingerprint density at radius 1 is 1.05 bits per heavy atom. The Morgan fingerprint density at radius 3 is 2.77 bits per heavy atom. The van der Waals surface area contributed by atoms with Gasteiger partial charge in [0.25, 0.3) is 0 Å². The summed E-state index contributed by atoms with van der Waals surface area (Å²) in [6.07, 6.45) is 0. The molecule has 2 aromatic carbocycles. The Bertz CT molecular complexity index is 925. The van der Waals surface area contributed by atoms with Crippen molar-refractivity contribution in [2.75, 3.05) is 12.4 Å². The van der Waals surface area contributed by atoms with Gasteiger partial charge in [0.1, 0.15) is 11.6 Å². The Kier molecular flexibility index (Phi) is 3.08. The summed E-state index contributed by atoms with van der Waals surface area (Å²) in [6, 6.07) is 16.3. The second kappa shape index (κ2) is 5.10. The zero-order chi connectivity index (χ0) is 15.1. The molecule has 0 amide bonds. The normalized spacial score (nSPS) is 11.2. The summed E-state index contributed by atoms with van der Waals surface area (Å²) < 4.78 is 6.34. The van der Waals surface area contributed by atoms with E-state index in [0.717, 1.165) is 38.4 Å². The fourth-order valence-corrected chi connectivity index (χ4v) is 3.12. The third-order valence-electron chi connectivity index (χ3n) is 3.77. The van der Waals surface area contributed by atoms with Crippen LogP contribution in [0.2, 0.25) is 0 Å². The van der Waals surface area contributed by atoms with E-state index in [0.29, 0.717) is 0 Å². The van der Waals surface area contributed by atoms with E-state index in [4.69, 9.17) is 4.74 Å². The molecule has 4 rings (SSSR count). The van der Waals surface area contributed by atoms with Gasteiger partial charge in [-0.05, 0) is 47.9 Å². The lowest BCUT2D eigenvalue weighted by Gasteiger charge is -2.04. The summed E-state index contributed by atoms with van der Waals surface area (Å²) in [5.41, 5.74) is 3.24. The van der Waals surface area contributed by atoms with Crippen molar-refractivity contribution in [2.24, 2.45) is 0 Å². The van der Waals surface area contributed by atoms with Crippen LogP contribution in [-0.2, 0) is 0 Å². The first kappa shape index (κ1) is 13.3. The topological polar surface area (TPSA) is 52.8 Å². The van der Waals surface area contributed by atoms with Gasteiger partial charge in [-0.25, -0.2) is 0 Å². The van der Waals surface area contributed by atoms with Crippen molar-refractivity contribution in [1.82, 2.24) is 10.2 Å². The molecule has 0 saturated heterocycles. The van der Waals surface area contributed by atoms with Crippen LogP contribution in [0.15, 0.2) is 53.0 Å². The molecule has 0 unspecified atom stereocenters. The molecule has 0 radical (unpaired) electrons. The highest BCUT2D eigenvalue weighted by Crippen LogP contribution is 2.39. The van der Waals surface area contributed by atoms with E-state index in [9.17, 15) is 0 Å². The second-order valence-electron chi connectivity index (χ2n) is 5.15. The van der Waals surface area contributed by atoms with Crippen LogP contribution in [0.25, 0.3) is 22.0 Å². The summed E-state index contributed by atoms with van der Waals surface area (Å²) in [5, 5.41) is 12.2. The average molecular weight is 356 g/mol. The third-order valence-corrected chi connectivity index (χ3v) is 4.27. The minimum atomic E-state index is 0.866. The fourth-order valence-electron chi connectivity index (χ4n) is 2.72. The van der Waals surface area contributed by atoms with E-state index in [1.54, 1.807) is 7.11 Å². The quantitative estimate of drug-likeness (QED) is 0.477. The fraction of sp³-hybridized carbons (Fsp3) is 0.0588. The molecule has 1 aliphatic heterocycles. The van der Waals surface area contributed by atoms with Gasteiger partial charge in [0, 0.05) is 21.1 Å². The van der Waals surface area contributed by atoms with Crippen LogP contribution in [0.1, 0.15) is 0 Å². The van der Waals surface area contributed by atoms with Gasteiger partial charge in [-0.1, -0.05) is 22.0 Å². The van der Waals surface area contributed by atoms with Crippen LogP contribution in [0.3, 0.4) is 0 Å². The van der Waals surface area contributed by atoms with E-state index in [1.165, 1.54) is 5.39 Å². The maximum absolute atomic E-state index is 5.30. The molecule has 5 heteroatoms. The molecular weight excluding hydrogens is 342 g/mol. The van der Waals surface area contributed by atoms with Gasteiger partial charge in [0.2, 0.25) is 0 Å². The van der Waals surface area contributed by atoms with Crippen molar-refractivity contribution < 1.29 is 4.74 Å². The van der Waals surface area contributed by atoms with Gasteiger partial charge in [0.05, 0.1) is 12.8 Å². The second-order valence-corrected chi connectivity index (χ2v) is 6.06. The van der Waals surface area contributed by atoms with Crippen LogP contribution in [0.5, 0.6) is 5.75 Å². The zero-order valence-electron chi connectivity index (χ0n) is 11.9. The Hall–Kier alpha value is -2.40. The number of halogens is 1. The molecular formula is C17H14BrN3O. The van der Waals surface area contributed by atoms with E-state index < -0.39 is 0 Å². The van der Waals surface area contributed by atoms with Crippen molar-refractivity contribution in [1.29, 1.82) is 0 Å². The van der Waals surface area contributed by atoms with E-state index in [1.807, 2.05) is 36.4 Å². The van der Waals surface area contributed by atoms with Crippen LogP contribution >= 0.6 is 15.9 Å². The number of hydrogen-bond donors (Lipinski definition) is 3. The van der Waals surface area contributed by atoms with Crippen LogP contribution in [-0.4, -0.2) is 17.3 Å². The monoisotopic (exact) mass is 355 g/mol. The lowest BCUT2D eigenvalue weighted by Crippen LogP contribution is -1.90. The minimum Gasteiger partial charge on any atom is -0.497 e. The average Bonchev–Trinajstić information content (AvgIpc) is 3.06. The summed E-state index contributed by atoms with van der Waals surface area (Å²) in [7, 11) is 1.68. The number of aromatic nitrogens is 2. The molecule has 0 bridgehead atoms. The molecule has 1 aliphatic carbocycles. The standard InChI is InChI=1S/C17H14BrN3O/c1-22-13-5-6-14-10(7-13)8-15-16(14)20-21-17(15)19-12-4-2-3-11(18)9-12/h2-9,19-21H,1H3. The van der Waals surface area contributed by atoms with E-state index in [2.05, 4.69) is 43.6 Å². The highest BCUT2D eigenvalue weighted by Gasteiger charge is 2.17. The van der Waals surface area contributed by atoms with Gasteiger partial charge in [-0.15, -0.1) is 0 Å². The molecule has 0 aromatic heterocycles. The molecule has 0 atom stereocenters. The lowest BCUT2D eigenvalue weighted by atomic mass is 10.2. The molecule has 2 aliphatic rings. The smallest absolute Gasteiger partial charge is 0.132 e. The number of rotatable bonds is 3. The predicted octanol–water partition coefficient (Wildman–Crippen LogP) is 5.12. The molecule has 0 fully saturated rings. The van der Waals surface area contributed by atoms with Gasteiger partial charge >= 0.3 is 0 Å². The van der Waals surface area contributed by atoms with Crippen LogP contribution in [0, 0.1) is 0 Å². The first-order chi connectivity index (χ1) is 10.7. The van der Waals surface area contributed by atoms with Crippen molar-refractivity contribution in [3.8, 4) is 17.0 Å². The number of ether oxygens (including phenoxy) is 1. The van der Waals surface area contributed by atoms with Gasteiger partial charge in [-0.3, -0.25) is 10.2 Å². The Balaban J connectivity index is 1.77. The number of benzene rings is 2. The number of anilines is 2. The largest absolute Gasteiger partial charge is 0.497 e. The molecule has 0 spiro atoms. The van der Waals surface area contributed by atoms with Crippen molar-refractivity contribution in [2.45, 2.75) is 0 Å². The predicted molar refractivity (Wildman–Crippen MR) is 93.2 cm³/mol. The van der Waals surface area contributed by atoms with Gasteiger partial charge in [-0.2, -0.15) is 0 Å². The number of aromatic amines is 2. The number of nitrogens with one attached hydrogen (secondary N) is 3. The summed E-state index contributed by atoms with van der Waals surface area (Å²) in [4.78, 5) is 0. The Labute approximate surface area is 135 Å². The zero-order valence-corrected chi connectivity index (χ0v) is 13.5. The SMILES string of the molecule is COc1ccc2c3[nH][nH]c(Nc4cccc(Br)c4)c-3cc2c1. The summed E-state index contributed by atoms with van der Waals surface area (Å²) in [5.74, 6) is 1.81. The summed E-state index contributed by atoms with van der Waals surface area (Å²) >= 11 is 3.49. The summed E-state index contributed by atoms with van der Waals surface area (Å²) in [6.45, 7) is 0. The maximum atomic E-state index is 5.30. The van der Waals surface area contributed by atoms with Crippen molar-refractivity contribution >= 4 is 38.2 Å². The molecule has 0 saturated carbocycles. The third kappa shape index (κ3) is 2.14. The molecule has 4 nitrogen and oxygen atoms in total.